The van der Waals surface area contributed by atoms with Crippen LogP contribution in [0.5, 0.6) is 5.75 Å². The molecule has 0 bridgehead atoms. The van der Waals surface area contributed by atoms with E-state index in [2.05, 4.69) is 14.9 Å². The van der Waals surface area contributed by atoms with Crippen molar-refractivity contribution in [3.05, 3.63) is 23.2 Å². The second kappa shape index (κ2) is 7.31. The number of benzene rings is 1. The van der Waals surface area contributed by atoms with E-state index in [-0.39, 0.29) is 5.75 Å². The number of nitrogens with one attached hydrogen (secondary N) is 2. The van der Waals surface area contributed by atoms with Gasteiger partial charge in [0.2, 0.25) is 10.0 Å². The molecule has 1 aliphatic heterocycles. The molecule has 1 aromatic carbocycles. The Kier molecular flexibility index (Phi) is 5.69. The zero-order chi connectivity index (χ0) is 15.3. The van der Waals surface area contributed by atoms with Gasteiger partial charge in [-0.2, -0.15) is 0 Å². The van der Waals surface area contributed by atoms with E-state index in [1.54, 1.807) is 18.2 Å². The summed E-state index contributed by atoms with van der Waals surface area (Å²) >= 11 is 5.98. The first kappa shape index (κ1) is 16.4. The second-order valence-corrected chi connectivity index (χ2v) is 7.11. The van der Waals surface area contributed by atoms with Gasteiger partial charge in [0.15, 0.2) is 0 Å². The fraction of sp³-hybridized carbons (Fsp3) is 0.538. The molecule has 0 aromatic heterocycles. The molecule has 0 saturated carbocycles. The molecule has 21 heavy (non-hydrogen) atoms. The number of rotatable bonds is 6. The molecule has 8 heteroatoms. The van der Waals surface area contributed by atoms with E-state index in [4.69, 9.17) is 16.3 Å². The molecule has 1 fully saturated rings. The minimum atomic E-state index is -3.38. The number of anilines is 1. The molecule has 2 rings (SSSR count). The Balaban J connectivity index is 1.92. The van der Waals surface area contributed by atoms with Crippen molar-refractivity contribution in [2.75, 3.05) is 50.3 Å². The number of piperazine rings is 1. The lowest BCUT2D eigenvalue weighted by atomic mass is 10.3. The number of halogens is 1. The van der Waals surface area contributed by atoms with Crippen LogP contribution in [-0.4, -0.2) is 58.9 Å². The van der Waals surface area contributed by atoms with Crippen LogP contribution in [-0.2, 0) is 10.0 Å². The van der Waals surface area contributed by atoms with Gasteiger partial charge in [0.25, 0.3) is 0 Å². The number of hydrogen-bond acceptors (Lipinski definition) is 5. The smallest absolute Gasteiger partial charge is 0.233 e. The van der Waals surface area contributed by atoms with Crippen LogP contribution in [0, 0.1) is 0 Å². The first-order valence-corrected chi connectivity index (χ1v) is 8.80. The Hall–Kier alpha value is -1.02. The fourth-order valence-electron chi connectivity index (χ4n) is 2.14. The van der Waals surface area contributed by atoms with E-state index in [1.807, 2.05) is 0 Å². The van der Waals surface area contributed by atoms with Crippen LogP contribution in [0.3, 0.4) is 0 Å². The molecule has 1 heterocycles. The molecule has 0 radical (unpaired) electrons. The van der Waals surface area contributed by atoms with Gasteiger partial charge >= 0.3 is 0 Å². The summed E-state index contributed by atoms with van der Waals surface area (Å²) in [7, 11) is -1.87. The summed E-state index contributed by atoms with van der Waals surface area (Å²) in [6.07, 6.45) is 0. The van der Waals surface area contributed by atoms with Gasteiger partial charge in [-0.05, 0) is 18.2 Å². The van der Waals surface area contributed by atoms with E-state index in [0.29, 0.717) is 23.0 Å². The van der Waals surface area contributed by atoms with Gasteiger partial charge in [0.1, 0.15) is 5.75 Å². The lowest BCUT2D eigenvalue weighted by Crippen LogP contribution is -2.45. The van der Waals surface area contributed by atoms with Gasteiger partial charge < -0.3 is 10.1 Å². The molecule has 6 nitrogen and oxygen atoms in total. The molecule has 0 atom stereocenters. The van der Waals surface area contributed by atoms with Crippen LogP contribution >= 0.6 is 11.6 Å². The van der Waals surface area contributed by atoms with E-state index >= 15 is 0 Å². The Morgan fingerprint density at radius 3 is 2.71 bits per heavy atom. The maximum Gasteiger partial charge on any atom is 0.233 e. The highest BCUT2D eigenvalue weighted by atomic mass is 35.5. The van der Waals surface area contributed by atoms with E-state index in [1.165, 1.54) is 7.11 Å². The molecule has 1 saturated heterocycles. The standard InChI is InChI=1S/C13H20ClN3O3S/c1-20-13-3-2-11(10-12(13)14)16-21(18,19)9-8-17-6-4-15-5-7-17/h2-3,10,15-16H,4-9H2,1H3. The highest BCUT2D eigenvalue weighted by Crippen LogP contribution is 2.27. The van der Waals surface area contributed by atoms with Crippen molar-refractivity contribution in [1.82, 2.24) is 10.2 Å². The third-order valence-corrected chi connectivity index (χ3v) is 4.87. The first-order chi connectivity index (χ1) is 10.00. The van der Waals surface area contributed by atoms with Crippen LogP contribution < -0.4 is 14.8 Å². The lowest BCUT2D eigenvalue weighted by Gasteiger charge is -2.26. The van der Waals surface area contributed by atoms with Crippen LogP contribution in [0.2, 0.25) is 5.02 Å². The third kappa shape index (κ3) is 5.03. The van der Waals surface area contributed by atoms with Gasteiger partial charge in [0.05, 0.1) is 23.6 Å². The fourth-order valence-corrected chi connectivity index (χ4v) is 3.49. The lowest BCUT2D eigenvalue weighted by molar-refractivity contribution is 0.254. The van der Waals surface area contributed by atoms with Crippen LogP contribution in [0.15, 0.2) is 18.2 Å². The molecule has 1 aliphatic rings. The first-order valence-electron chi connectivity index (χ1n) is 6.77. The molecule has 118 valence electrons. The van der Waals surface area contributed by atoms with Gasteiger partial charge in [-0.15, -0.1) is 0 Å². The third-order valence-electron chi connectivity index (χ3n) is 3.31. The van der Waals surface area contributed by atoms with Crippen molar-refractivity contribution in [3.63, 3.8) is 0 Å². The molecule has 0 unspecified atom stereocenters. The number of methoxy groups -OCH3 is 1. The number of hydrogen-bond donors (Lipinski definition) is 2. The number of sulfonamides is 1. The van der Waals surface area contributed by atoms with Crippen LogP contribution in [0.25, 0.3) is 0 Å². The summed E-state index contributed by atoms with van der Waals surface area (Å²) < 4.78 is 31.7. The molecule has 1 aromatic rings. The molecule has 0 aliphatic carbocycles. The van der Waals surface area contributed by atoms with Crippen molar-refractivity contribution in [1.29, 1.82) is 0 Å². The minimum absolute atomic E-state index is 0.0661. The number of ether oxygens (including phenoxy) is 1. The highest BCUT2D eigenvalue weighted by Gasteiger charge is 2.16. The topological polar surface area (TPSA) is 70.7 Å². The van der Waals surface area contributed by atoms with Crippen molar-refractivity contribution in [2.24, 2.45) is 0 Å². The zero-order valence-electron chi connectivity index (χ0n) is 11.9. The molecular formula is C13H20ClN3O3S. The van der Waals surface area contributed by atoms with Crippen LogP contribution in [0.4, 0.5) is 5.69 Å². The van der Waals surface area contributed by atoms with Gasteiger partial charge in [-0.25, -0.2) is 8.42 Å². The molecular weight excluding hydrogens is 314 g/mol. The molecule has 0 amide bonds. The largest absolute Gasteiger partial charge is 0.495 e. The van der Waals surface area contributed by atoms with Gasteiger partial charge in [0, 0.05) is 32.7 Å². The molecule has 2 N–H and O–H groups in total. The number of nitrogens with zero attached hydrogens (tertiary/aromatic N) is 1. The van der Waals surface area contributed by atoms with Crippen molar-refractivity contribution >= 4 is 27.3 Å². The minimum Gasteiger partial charge on any atom is -0.495 e. The van der Waals surface area contributed by atoms with Gasteiger partial charge in [-0.1, -0.05) is 11.6 Å². The average molecular weight is 334 g/mol. The Labute approximate surface area is 130 Å². The maximum atomic E-state index is 12.1. The summed E-state index contributed by atoms with van der Waals surface area (Å²) in [4.78, 5) is 2.14. The normalized spacial score (nSPS) is 16.7. The highest BCUT2D eigenvalue weighted by molar-refractivity contribution is 7.92. The zero-order valence-corrected chi connectivity index (χ0v) is 13.5. The summed E-state index contributed by atoms with van der Waals surface area (Å²) in [5.74, 6) is 0.580. The Morgan fingerprint density at radius 2 is 2.10 bits per heavy atom. The van der Waals surface area contributed by atoms with E-state index in [9.17, 15) is 8.42 Å². The quantitative estimate of drug-likeness (QED) is 0.812. The second-order valence-electron chi connectivity index (χ2n) is 4.86. The van der Waals surface area contributed by atoms with E-state index in [0.717, 1.165) is 26.2 Å². The Bertz CT molecular complexity index is 574. The predicted octanol–water partition coefficient (Wildman–Crippen LogP) is 0.996. The van der Waals surface area contributed by atoms with E-state index < -0.39 is 10.0 Å². The predicted molar refractivity (Wildman–Crippen MR) is 84.7 cm³/mol. The van der Waals surface area contributed by atoms with Crippen molar-refractivity contribution < 1.29 is 13.2 Å². The van der Waals surface area contributed by atoms with Crippen LogP contribution in [0.1, 0.15) is 0 Å². The average Bonchev–Trinajstić information content (AvgIpc) is 2.46. The van der Waals surface area contributed by atoms with Crippen molar-refractivity contribution in [2.45, 2.75) is 0 Å². The Morgan fingerprint density at radius 1 is 1.38 bits per heavy atom. The van der Waals surface area contributed by atoms with Gasteiger partial charge in [-0.3, -0.25) is 9.62 Å². The van der Waals surface area contributed by atoms with Crippen molar-refractivity contribution in [3.8, 4) is 5.75 Å². The SMILES string of the molecule is COc1ccc(NS(=O)(=O)CCN2CCNCC2)cc1Cl. The molecule has 0 spiro atoms. The summed E-state index contributed by atoms with van der Waals surface area (Å²) in [5, 5.41) is 3.61. The summed E-state index contributed by atoms with van der Waals surface area (Å²) in [5.41, 5.74) is 0.445. The summed E-state index contributed by atoms with van der Waals surface area (Å²) in [6, 6.07) is 4.81. The monoisotopic (exact) mass is 333 g/mol. The maximum absolute atomic E-state index is 12.1. The summed E-state index contributed by atoms with van der Waals surface area (Å²) in [6.45, 7) is 4.10.